The molecular weight excluding hydrogens is 359 g/mol. The Morgan fingerprint density at radius 2 is 1.25 bits per heavy atom. The zero-order chi connectivity index (χ0) is 17.4. The number of aromatic nitrogens is 3. The maximum atomic E-state index is 12.7. The van der Waals surface area contributed by atoms with E-state index in [-0.39, 0.29) is 0 Å². The lowest BCUT2D eigenvalue weighted by atomic mass is 10.5. The topological polar surface area (TPSA) is 58.6 Å². The minimum Gasteiger partial charge on any atom is -0.299 e. The molecule has 0 fully saturated rings. The van der Waals surface area contributed by atoms with Crippen LogP contribution in [0.15, 0.2) is 69.4 Å². The fourth-order valence-electron chi connectivity index (χ4n) is 1.38. The van der Waals surface area contributed by atoms with Crippen LogP contribution in [0.5, 0.6) is 0 Å². The molecule has 0 saturated carbocycles. The highest BCUT2D eigenvalue weighted by molar-refractivity contribution is 8.76. The lowest BCUT2D eigenvalue weighted by Crippen LogP contribution is -2.03. The molecule has 124 valence electrons. The predicted molar refractivity (Wildman–Crippen MR) is 87.1 cm³/mol. The first kappa shape index (κ1) is 18.1. The highest BCUT2D eigenvalue weighted by atomic mass is 33.1. The van der Waals surface area contributed by atoms with Crippen LogP contribution in [-0.4, -0.2) is 15.0 Å². The fourth-order valence-corrected chi connectivity index (χ4v) is 3.14. The minimum absolute atomic E-state index is 0.412. The highest BCUT2D eigenvalue weighted by Gasteiger charge is 2.02. The molecule has 0 bridgehead atoms. The van der Waals surface area contributed by atoms with Crippen LogP contribution in [0.2, 0.25) is 0 Å². The second-order valence-corrected chi connectivity index (χ2v) is 6.30. The van der Waals surface area contributed by atoms with Gasteiger partial charge in [0, 0.05) is 6.07 Å². The molecule has 0 atom stereocenters. The smallest absolute Gasteiger partial charge is 0.250 e. The first-order chi connectivity index (χ1) is 11.5. The summed E-state index contributed by atoms with van der Waals surface area (Å²) in [5, 5.41) is 1.05. The summed E-state index contributed by atoms with van der Waals surface area (Å²) in [6.45, 7) is 0. The third kappa shape index (κ3) is 6.47. The SMILES string of the molecule is Fc1cccc(SSc2cccc(F)n2)n1.O=c1cccc(F)[nH]1. The number of H-pyrrole nitrogens is 1. The molecule has 3 heterocycles. The summed E-state index contributed by atoms with van der Waals surface area (Å²) in [7, 11) is 2.47. The van der Waals surface area contributed by atoms with Gasteiger partial charge in [-0.05, 0) is 51.9 Å². The molecule has 4 nitrogen and oxygen atoms in total. The van der Waals surface area contributed by atoms with Crippen LogP contribution in [0.4, 0.5) is 13.2 Å². The first-order valence-corrected chi connectivity index (χ1v) is 8.62. The van der Waals surface area contributed by atoms with E-state index >= 15 is 0 Å². The number of nitrogens with one attached hydrogen (secondary N) is 1. The number of pyridine rings is 3. The molecule has 9 heteroatoms. The average Bonchev–Trinajstić information content (AvgIpc) is 2.54. The van der Waals surface area contributed by atoms with E-state index in [0.717, 1.165) is 0 Å². The molecule has 0 amide bonds. The maximum Gasteiger partial charge on any atom is 0.250 e. The van der Waals surface area contributed by atoms with E-state index in [1.54, 1.807) is 24.3 Å². The fraction of sp³-hybridized carbons (Fsp3) is 0. The summed E-state index contributed by atoms with van der Waals surface area (Å²) < 4.78 is 37.4. The van der Waals surface area contributed by atoms with E-state index in [2.05, 4.69) is 9.97 Å². The van der Waals surface area contributed by atoms with Crippen molar-refractivity contribution in [2.75, 3.05) is 0 Å². The van der Waals surface area contributed by atoms with Crippen LogP contribution in [0, 0.1) is 17.8 Å². The summed E-state index contributed by atoms with van der Waals surface area (Å²) in [6.07, 6.45) is 0. The second-order valence-electron chi connectivity index (χ2n) is 4.13. The Kier molecular flexibility index (Phi) is 6.89. The van der Waals surface area contributed by atoms with Crippen molar-refractivity contribution in [2.24, 2.45) is 0 Å². The number of rotatable bonds is 3. The van der Waals surface area contributed by atoms with Gasteiger partial charge in [0.1, 0.15) is 10.1 Å². The van der Waals surface area contributed by atoms with Crippen molar-refractivity contribution < 1.29 is 13.2 Å². The van der Waals surface area contributed by atoms with Gasteiger partial charge in [-0.3, -0.25) is 9.78 Å². The highest BCUT2D eigenvalue weighted by Crippen LogP contribution is 2.34. The van der Waals surface area contributed by atoms with Gasteiger partial charge in [0.15, 0.2) is 5.95 Å². The number of aromatic amines is 1. The van der Waals surface area contributed by atoms with Crippen molar-refractivity contribution in [3.63, 3.8) is 0 Å². The Hall–Kier alpha value is -2.26. The normalized spacial score (nSPS) is 9.96. The van der Waals surface area contributed by atoms with Gasteiger partial charge in [-0.2, -0.15) is 13.2 Å². The largest absolute Gasteiger partial charge is 0.299 e. The van der Waals surface area contributed by atoms with Gasteiger partial charge in [-0.25, -0.2) is 9.97 Å². The van der Waals surface area contributed by atoms with Crippen molar-refractivity contribution in [3.05, 3.63) is 82.8 Å². The lowest BCUT2D eigenvalue weighted by molar-refractivity contribution is 0.571. The third-order valence-corrected chi connectivity index (χ3v) is 4.48. The van der Waals surface area contributed by atoms with Crippen molar-refractivity contribution in [1.29, 1.82) is 0 Å². The Bertz CT molecular complexity index is 815. The molecule has 0 spiro atoms. The molecule has 3 aromatic heterocycles. The molecule has 0 radical (unpaired) electrons. The Morgan fingerprint density at radius 1 is 0.750 bits per heavy atom. The van der Waals surface area contributed by atoms with Gasteiger partial charge in [0.2, 0.25) is 17.5 Å². The van der Waals surface area contributed by atoms with Gasteiger partial charge >= 0.3 is 0 Å². The van der Waals surface area contributed by atoms with Gasteiger partial charge in [0.05, 0.1) is 0 Å². The van der Waals surface area contributed by atoms with Crippen LogP contribution in [-0.2, 0) is 0 Å². The average molecular weight is 369 g/mol. The van der Waals surface area contributed by atoms with E-state index in [1.165, 1.54) is 51.9 Å². The number of halogens is 3. The van der Waals surface area contributed by atoms with Crippen LogP contribution < -0.4 is 5.56 Å². The van der Waals surface area contributed by atoms with Crippen LogP contribution >= 0.6 is 21.6 Å². The van der Waals surface area contributed by atoms with Crippen molar-refractivity contribution in [3.8, 4) is 0 Å². The van der Waals surface area contributed by atoms with Crippen LogP contribution in [0.1, 0.15) is 0 Å². The molecule has 0 aliphatic heterocycles. The minimum atomic E-state index is -0.600. The van der Waals surface area contributed by atoms with Crippen molar-refractivity contribution >= 4 is 21.6 Å². The number of hydrogen-bond donors (Lipinski definition) is 1. The summed E-state index contributed by atoms with van der Waals surface area (Å²) >= 11 is 0. The monoisotopic (exact) mass is 369 g/mol. The summed E-state index contributed by atoms with van der Waals surface area (Å²) in [6, 6.07) is 12.8. The van der Waals surface area contributed by atoms with Gasteiger partial charge < -0.3 is 0 Å². The zero-order valence-corrected chi connectivity index (χ0v) is 13.6. The van der Waals surface area contributed by atoms with Gasteiger partial charge in [-0.15, -0.1) is 0 Å². The first-order valence-electron chi connectivity index (χ1n) is 6.47. The molecule has 0 aliphatic rings. The Labute approximate surface area is 143 Å². The van der Waals surface area contributed by atoms with E-state index in [9.17, 15) is 18.0 Å². The molecule has 1 N–H and O–H groups in total. The van der Waals surface area contributed by atoms with E-state index in [0.29, 0.717) is 10.1 Å². The van der Waals surface area contributed by atoms with Crippen LogP contribution in [0.25, 0.3) is 0 Å². The second kappa shape index (κ2) is 9.14. The maximum absolute atomic E-state index is 12.7. The molecule has 3 aromatic rings. The number of hydrogen-bond acceptors (Lipinski definition) is 5. The molecule has 3 rings (SSSR count). The quantitative estimate of drug-likeness (QED) is 0.557. The van der Waals surface area contributed by atoms with Crippen molar-refractivity contribution in [1.82, 2.24) is 15.0 Å². The van der Waals surface area contributed by atoms with Crippen LogP contribution in [0.3, 0.4) is 0 Å². The standard InChI is InChI=1S/C10H6F2N2S2.C5H4FNO/c11-7-3-1-5-9(13-7)15-16-10-6-2-4-8(12)14-10;6-4-2-1-3-5(8)7-4/h1-6H;1-3H,(H,7,8). The Balaban J connectivity index is 0.000000219. The molecule has 0 unspecified atom stereocenters. The van der Waals surface area contributed by atoms with Gasteiger partial charge in [-0.1, -0.05) is 18.2 Å². The predicted octanol–water partition coefficient (Wildman–Crippen LogP) is 4.07. The Morgan fingerprint density at radius 3 is 1.62 bits per heavy atom. The zero-order valence-electron chi connectivity index (χ0n) is 11.9. The van der Waals surface area contributed by atoms with E-state index in [1.807, 2.05) is 4.98 Å². The van der Waals surface area contributed by atoms with E-state index in [4.69, 9.17) is 0 Å². The molecule has 0 saturated heterocycles. The molecular formula is C15H10F3N3OS2. The number of nitrogens with zero attached hydrogens (tertiary/aromatic N) is 2. The lowest BCUT2D eigenvalue weighted by Gasteiger charge is -1.99. The molecule has 24 heavy (non-hydrogen) atoms. The van der Waals surface area contributed by atoms with Crippen molar-refractivity contribution in [2.45, 2.75) is 10.1 Å². The summed E-state index contributed by atoms with van der Waals surface area (Å²) in [5.41, 5.74) is -0.412. The summed E-state index contributed by atoms with van der Waals surface area (Å²) in [4.78, 5) is 19.5. The summed E-state index contributed by atoms with van der Waals surface area (Å²) in [5.74, 6) is -1.66. The van der Waals surface area contributed by atoms with Gasteiger partial charge in [0.25, 0.3) is 0 Å². The third-order valence-electron chi connectivity index (χ3n) is 2.32. The molecule has 0 aliphatic carbocycles. The molecule has 0 aromatic carbocycles. The van der Waals surface area contributed by atoms with E-state index < -0.39 is 23.4 Å².